The number of hydrogen-bond acceptors (Lipinski definition) is 2. The Labute approximate surface area is 187 Å². The van der Waals surface area contributed by atoms with Crippen LogP contribution in [0.4, 0.5) is 17.6 Å². The van der Waals surface area contributed by atoms with Crippen LogP contribution in [0.1, 0.15) is 19.4 Å². The summed E-state index contributed by atoms with van der Waals surface area (Å²) >= 11 is 9.90. The number of rotatable bonds is 7. The Hall–Kier alpha value is -2.05. The Morgan fingerprint density at radius 3 is 2.29 bits per heavy atom. The van der Waals surface area contributed by atoms with Crippen LogP contribution in [-0.4, -0.2) is 17.3 Å². The summed E-state index contributed by atoms with van der Waals surface area (Å²) in [5, 5.41) is -6.23. The minimum Gasteiger partial charge on any atom is -0.461 e. The topological polar surface area (TPSA) is 26.3 Å². The summed E-state index contributed by atoms with van der Waals surface area (Å²) in [5.74, 6) is -6.89. The van der Waals surface area contributed by atoms with Gasteiger partial charge in [-0.15, -0.1) is 0 Å². The van der Waals surface area contributed by atoms with Gasteiger partial charge in [0.25, 0.3) is 0 Å². The number of benzene rings is 2. The van der Waals surface area contributed by atoms with Gasteiger partial charge in [-0.25, -0.2) is 0 Å². The Morgan fingerprint density at radius 1 is 1.06 bits per heavy atom. The predicted molar refractivity (Wildman–Crippen MR) is 112 cm³/mol. The minimum atomic E-state index is -4.83. The minimum absolute atomic E-state index is 0.00777. The van der Waals surface area contributed by atoms with Gasteiger partial charge in [-0.05, 0) is 45.7 Å². The van der Waals surface area contributed by atoms with E-state index in [1.807, 2.05) is 48.5 Å². The SMILES string of the molecule is CC1(C)[C@H](C(=O)OCc2cccc(-c3ccccc3)c2)[C@@H]1/C=C(/Cl)C(F)(F)C(F)(F)Cl. The van der Waals surface area contributed by atoms with Crippen LogP contribution < -0.4 is 0 Å². The lowest BCUT2D eigenvalue weighted by atomic mass is 10.0. The molecule has 1 aliphatic carbocycles. The lowest BCUT2D eigenvalue weighted by Crippen LogP contribution is -2.35. The van der Waals surface area contributed by atoms with Crippen molar-refractivity contribution in [1.29, 1.82) is 0 Å². The number of ether oxygens (including phenoxy) is 1. The van der Waals surface area contributed by atoms with Crippen molar-refractivity contribution in [3.8, 4) is 11.1 Å². The second kappa shape index (κ2) is 8.47. The molecular formula is C23H20Cl2F4O2. The standard InChI is InChI=1S/C23H20Cl2F4O2/c1-21(2)17(12-18(24)22(26,27)23(25,28)29)19(21)20(30)31-13-14-7-6-10-16(11-14)15-8-4-3-5-9-15/h3-12,17,19H,13H2,1-2H3/b18-12+/t17-,19-/m0/s1. The van der Waals surface area contributed by atoms with Gasteiger partial charge in [0.05, 0.1) is 11.0 Å². The number of allylic oxidation sites excluding steroid dienone is 2. The first-order chi connectivity index (χ1) is 14.4. The van der Waals surface area contributed by atoms with Crippen molar-refractivity contribution >= 4 is 29.2 Å². The van der Waals surface area contributed by atoms with E-state index in [1.54, 1.807) is 19.9 Å². The van der Waals surface area contributed by atoms with E-state index >= 15 is 0 Å². The molecule has 2 aromatic carbocycles. The number of carbonyl (C=O) groups excluding carboxylic acids is 1. The molecule has 0 heterocycles. The highest BCUT2D eigenvalue weighted by molar-refractivity contribution is 6.32. The highest BCUT2D eigenvalue weighted by Gasteiger charge is 2.64. The highest BCUT2D eigenvalue weighted by atomic mass is 35.5. The molecule has 0 aromatic heterocycles. The van der Waals surface area contributed by atoms with Crippen molar-refractivity contribution in [1.82, 2.24) is 0 Å². The van der Waals surface area contributed by atoms with Crippen molar-refractivity contribution < 1.29 is 27.1 Å². The third-order valence-corrected chi connectivity index (χ3v) is 6.16. The zero-order valence-corrected chi connectivity index (χ0v) is 18.2. The molecule has 0 saturated heterocycles. The van der Waals surface area contributed by atoms with Gasteiger partial charge in [-0.1, -0.05) is 80.1 Å². The average molecular weight is 475 g/mol. The molecule has 2 atom stereocenters. The summed E-state index contributed by atoms with van der Waals surface area (Å²) < 4.78 is 58.5. The number of alkyl halides is 5. The van der Waals surface area contributed by atoms with Crippen molar-refractivity contribution in [2.75, 3.05) is 0 Å². The van der Waals surface area contributed by atoms with Crippen molar-refractivity contribution in [2.24, 2.45) is 17.3 Å². The Morgan fingerprint density at radius 2 is 1.68 bits per heavy atom. The molecule has 2 nitrogen and oxygen atoms in total. The molecule has 0 aliphatic heterocycles. The van der Waals surface area contributed by atoms with E-state index in [0.717, 1.165) is 22.8 Å². The largest absolute Gasteiger partial charge is 0.461 e. The molecule has 0 unspecified atom stereocenters. The fourth-order valence-electron chi connectivity index (χ4n) is 3.55. The number of carbonyl (C=O) groups is 1. The van der Waals surface area contributed by atoms with Gasteiger partial charge in [0.1, 0.15) is 6.61 Å². The average Bonchev–Trinajstić information content (AvgIpc) is 3.26. The summed E-state index contributed by atoms with van der Waals surface area (Å²) in [4.78, 5) is 12.5. The lowest BCUT2D eigenvalue weighted by Gasteiger charge is -2.20. The summed E-state index contributed by atoms with van der Waals surface area (Å²) in [6.45, 7) is 3.29. The molecule has 1 saturated carbocycles. The molecule has 3 rings (SSSR count). The molecule has 0 radical (unpaired) electrons. The van der Waals surface area contributed by atoms with Gasteiger partial charge in [-0.2, -0.15) is 17.6 Å². The molecular weight excluding hydrogens is 455 g/mol. The molecule has 31 heavy (non-hydrogen) atoms. The second-order valence-corrected chi connectivity index (χ2v) is 8.97. The van der Waals surface area contributed by atoms with Gasteiger partial charge in [-0.3, -0.25) is 4.79 Å². The molecule has 166 valence electrons. The summed E-state index contributed by atoms with van der Waals surface area (Å²) in [6.07, 6.45) is 0.778. The molecule has 1 aliphatic rings. The van der Waals surface area contributed by atoms with E-state index in [1.165, 1.54) is 0 Å². The van der Waals surface area contributed by atoms with E-state index in [9.17, 15) is 22.4 Å². The van der Waals surface area contributed by atoms with Crippen LogP contribution >= 0.6 is 23.2 Å². The first-order valence-electron chi connectivity index (χ1n) is 9.49. The lowest BCUT2D eigenvalue weighted by molar-refractivity contribution is -0.147. The van der Waals surface area contributed by atoms with Gasteiger partial charge in [0.15, 0.2) is 0 Å². The molecule has 2 aromatic rings. The zero-order valence-electron chi connectivity index (χ0n) is 16.7. The number of esters is 1. The van der Waals surface area contributed by atoms with Crippen LogP contribution in [0.2, 0.25) is 0 Å². The van der Waals surface area contributed by atoms with Crippen LogP contribution in [0.25, 0.3) is 11.1 Å². The van der Waals surface area contributed by atoms with Gasteiger partial charge in [0, 0.05) is 0 Å². The van der Waals surface area contributed by atoms with Crippen LogP contribution in [0.3, 0.4) is 0 Å². The zero-order chi connectivity index (χ0) is 23.0. The summed E-state index contributed by atoms with van der Waals surface area (Å²) in [5.41, 5.74) is 1.96. The van der Waals surface area contributed by atoms with Gasteiger partial charge < -0.3 is 4.74 Å². The summed E-state index contributed by atoms with van der Waals surface area (Å²) in [7, 11) is 0. The summed E-state index contributed by atoms with van der Waals surface area (Å²) in [6, 6.07) is 17.1. The first-order valence-corrected chi connectivity index (χ1v) is 10.2. The van der Waals surface area contributed by atoms with E-state index in [0.29, 0.717) is 0 Å². The third-order valence-electron chi connectivity index (χ3n) is 5.56. The maximum atomic E-state index is 13.6. The van der Waals surface area contributed by atoms with Gasteiger partial charge >= 0.3 is 17.3 Å². The first kappa shape index (κ1) is 23.6. The Bertz CT molecular complexity index is 985. The van der Waals surface area contributed by atoms with Crippen LogP contribution in [0, 0.1) is 17.3 Å². The quantitative estimate of drug-likeness (QED) is 0.239. The normalized spacial score (nSPS) is 21.0. The van der Waals surface area contributed by atoms with Crippen LogP contribution in [0.15, 0.2) is 65.7 Å². The van der Waals surface area contributed by atoms with Crippen molar-refractivity contribution in [3.63, 3.8) is 0 Å². The molecule has 0 N–H and O–H groups in total. The molecule has 0 spiro atoms. The maximum Gasteiger partial charge on any atom is 0.389 e. The van der Waals surface area contributed by atoms with Crippen LogP contribution in [0.5, 0.6) is 0 Å². The molecule has 0 bridgehead atoms. The highest BCUT2D eigenvalue weighted by Crippen LogP contribution is 2.61. The third kappa shape index (κ3) is 4.90. The van der Waals surface area contributed by atoms with Crippen molar-refractivity contribution in [2.45, 2.75) is 31.8 Å². The number of halogens is 6. The fraction of sp³-hybridized carbons (Fsp3) is 0.348. The monoisotopic (exact) mass is 474 g/mol. The smallest absolute Gasteiger partial charge is 0.389 e. The molecule has 1 fully saturated rings. The molecule has 0 amide bonds. The number of hydrogen-bond donors (Lipinski definition) is 0. The van der Waals surface area contributed by atoms with Crippen molar-refractivity contribution in [3.05, 3.63) is 71.3 Å². The Kier molecular flexibility index (Phi) is 6.45. The fourth-order valence-corrected chi connectivity index (χ4v) is 3.96. The van der Waals surface area contributed by atoms with E-state index in [-0.39, 0.29) is 6.61 Å². The van der Waals surface area contributed by atoms with Gasteiger partial charge in [0.2, 0.25) is 0 Å². The van der Waals surface area contributed by atoms with E-state index in [4.69, 9.17) is 16.3 Å². The predicted octanol–water partition coefficient (Wildman–Crippen LogP) is 7.26. The van der Waals surface area contributed by atoms with E-state index in [2.05, 4.69) is 11.6 Å². The van der Waals surface area contributed by atoms with Crippen LogP contribution in [-0.2, 0) is 16.1 Å². The second-order valence-electron chi connectivity index (χ2n) is 8.09. The molecule has 8 heteroatoms. The maximum absolute atomic E-state index is 13.6. The Balaban J connectivity index is 1.67. The van der Waals surface area contributed by atoms with E-state index < -0.39 is 39.6 Å².